The lowest BCUT2D eigenvalue weighted by Crippen LogP contribution is -2.28. The maximum Gasteiger partial charge on any atom is 0.335 e. The molecule has 4 unspecified atom stereocenters. The van der Waals surface area contributed by atoms with E-state index in [0.717, 1.165) is 114 Å². The lowest BCUT2D eigenvalue weighted by Gasteiger charge is -2.26. The normalized spacial score (nSPS) is 18.0. The molecule has 9 heterocycles. The number of hydrogen-bond acceptors (Lipinski definition) is 21. The van der Waals surface area contributed by atoms with E-state index < -0.39 is 71.8 Å². The predicted octanol–water partition coefficient (Wildman–Crippen LogP) is 14.9. The smallest absolute Gasteiger partial charge is 0.335 e. The van der Waals surface area contributed by atoms with Gasteiger partial charge in [-0.25, -0.2) is 46.3 Å². The summed E-state index contributed by atoms with van der Waals surface area (Å²) in [6.45, 7) is 21.7. The molecular formula is C72H78F3N14O13PS5. The fourth-order valence-electron chi connectivity index (χ4n) is 13.8. The third-order valence-corrected chi connectivity index (χ3v) is 27.3. The van der Waals surface area contributed by atoms with Gasteiger partial charge < -0.3 is 23.9 Å². The number of thiazole rings is 3. The Bertz CT molecular complexity index is 5260. The Labute approximate surface area is 632 Å². The average Bonchev–Trinajstić information content (AvgIpc) is 1.60. The highest BCUT2D eigenvalue weighted by Crippen LogP contribution is 2.44. The highest BCUT2D eigenvalue weighted by Gasteiger charge is 2.41. The number of Topliss-reactive ketones (excluding diaryl/α,β-unsaturated/α-hetero) is 3. The zero-order valence-corrected chi connectivity index (χ0v) is 64.0. The van der Waals surface area contributed by atoms with E-state index >= 15 is 0 Å². The Balaban J connectivity index is 0.000000145. The number of benzene rings is 3. The van der Waals surface area contributed by atoms with Crippen molar-refractivity contribution in [2.45, 2.75) is 160 Å². The first kappa shape index (κ1) is 79.1. The number of rotatable bonds is 26. The van der Waals surface area contributed by atoms with E-state index in [2.05, 4.69) is 49.7 Å². The zero-order chi connectivity index (χ0) is 76.6. The van der Waals surface area contributed by atoms with Crippen LogP contribution in [0.2, 0.25) is 0 Å². The van der Waals surface area contributed by atoms with Gasteiger partial charge in [0.1, 0.15) is 33.1 Å². The Kier molecular flexibility index (Phi) is 25.4. The molecule has 3 aromatic carbocycles. The molecule has 3 saturated heterocycles. The zero-order valence-electron chi connectivity index (χ0n) is 59.0. The second-order valence-corrected chi connectivity index (χ2v) is 38.6. The van der Waals surface area contributed by atoms with Gasteiger partial charge in [0.05, 0.1) is 112 Å². The molecule has 3 aliphatic carbocycles. The molecule has 6 fully saturated rings. The Hall–Kier alpha value is -8.47. The number of nitrogens with zero attached hydrogens (tertiary/aromatic N) is 14. The van der Waals surface area contributed by atoms with Gasteiger partial charge >= 0.3 is 5.97 Å². The number of carbonyl (C=O) groups is 4. The second kappa shape index (κ2) is 34.6. The van der Waals surface area contributed by atoms with E-state index in [1.807, 2.05) is 23.0 Å². The van der Waals surface area contributed by atoms with Crippen molar-refractivity contribution < 1.29 is 73.1 Å². The van der Waals surface area contributed by atoms with Crippen LogP contribution in [0.1, 0.15) is 145 Å². The molecule has 0 radical (unpaired) electrons. The molecule has 570 valence electrons. The van der Waals surface area contributed by atoms with Gasteiger partial charge in [-0.3, -0.25) is 28.4 Å². The molecule has 6 aromatic heterocycles. The summed E-state index contributed by atoms with van der Waals surface area (Å²) in [7, 11) is -9.76. The Morgan fingerprint density at radius 3 is 1.35 bits per heavy atom. The SMILES string of the molecule is CP(C)(=O)N=[N+]=[N-].O=C(O)c1cc(S(=O)(=O)C2CC2)c2cnn(C(CC3CCCOC3)C(=O)Cc3ncc(F)s3)c2c1.[C-]#[N+]c1cc(CC2CC2)c2cnn(C(CC3CCOCC3)C(=O)Cc3ncc(F)s3)c2c1.[C-]#[N+]c1cc(S(=O)(=O)C2CC2)c2cnn(C(CC3CCOCC3)C(=O)Cc3ncc(F)s3)c2c1. The fourth-order valence-corrected chi connectivity index (χ4v) is 19.7. The van der Waals surface area contributed by atoms with Gasteiger partial charge in [0.2, 0.25) is 0 Å². The molecule has 108 heavy (non-hydrogen) atoms. The maximum absolute atomic E-state index is 13.5. The number of carboxylic acid groups (broad SMARTS) is 1. The quantitative estimate of drug-likeness (QED) is 0.0173. The first-order chi connectivity index (χ1) is 51.8. The van der Waals surface area contributed by atoms with Crippen LogP contribution >= 0.6 is 41.3 Å². The van der Waals surface area contributed by atoms with E-state index in [9.17, 15) is 58.9 Å². The minimum atomic E-state index is -3.73. The molecule has 0 spiro atoms. The van der Waals surface area contributed by atoms with Crippen LogP contribution in [0.5, 0.6) is 0 Å². The number of azide groups is 1. The van der Waals surface area contributed by atoms with Gasteiger partial charge in [0.25, 0.3) is 0 Å². The van der Waals surface area contributed by atoms with Gasteiger partial charge in [-0.05, 0) is 186 Å². The number of halogens is 3. The summed E-state index contributed by atoms with van der Waals surface area (Å²) in [5, 5.41) is 23.8. The largest absolute Gasteiger partial charge is 0.478 e. The van der Waals surface area contributed by atoms with Crippen LogP contribution in [-0.2, 0) is 78.5 Å². The molecule has 3 saturated carbocycles. The van der Waals surface area contributed by atoms with Crippen LogP contribution in [0.4, 0.5) is 24.5 Å². The summed E-state index contributed by atoms with van der Waals surface area (Å²) < 4.78 is 124. The second-order valence-electron chi connectivity index (χ2n) is 28.3. The monoisotopic (exact) mass is 1590 g/mol. The number of fused-ring (bicyclic) bond motifs is 3. The number of aromatic carboxylic acids is 1. The minimum Gasteiger partial charge on any atom is -0.478 e. The van der Waals surface area contributed by atoms with Crippen molar-refractivity contribution >= 4 is 128 Å². The number of carboxylic acids is 1. The molecule has 15 rings (SSSR count). The molecule has 27 nitrogen and oxygen atoms in total. The molecule has 4 atom stereocenters. The van der Waals surface area contributed by atoms with Gasteiger partial charge in [0.15, 0.2) is 71.1 Å². The number of aromatic nitrogens is 9. The van der Waals surface area contributed by atoms with Gasteiger partial charge in [-0.15, -0.1) is 0 Å². The summed E-state index contributed by atoms with van der Waals surface area (Å²) in [5.74, 6) is -0.382. The molecule has 1 N–H and O–H groups in total. The van der Waals surface area contributed by atoms with E-state index in [-0.39, 0.29) is 80.1 Å². The van der Waals surface area contributed by atoms with Crippen LogP contribution in [0.25, 0.3) is 52.8 Å². The molecule has 0 amide bonds. The fraction of sp³-hybridized carbons (Fsp3) is 0.500. The number of sulfone groups is 2. The molecule has 36 heteroatoms. The van der Waals surface area contributed by atoms with Crippen molar-refractivity contribution in [3.05, 3.63) is 148 Å². The van der Waals surface area contributed by atoms with Crippen molar-refractivity contribution in [1.29, 1.82) is 0 Å². The summed E-state index contributed by atoms with van der Waals surface area (Å²) in [5.41, 5.74) is 11.0. The third kappa shape index (κ3) is 19.7. The van der Waals surface area contributed by atoms with Crippen molar-refractivity contribution in [1.82, 2.24) is 44.3 Å². The van der Waals surface area contributed by atoms with E-state index in [0.29, 0.717) is 133 Å². The lowest BCUT2D eigenvalue weighted by molar-refractivity contribution is -0.123. The van der Waals surface area contributed by atoms with Crippen LogP contribution in [0.15, 0.2) is 88.3 Å². The summed E-state index contributed by atoms with van der Waals surface area (Å²) in [4.78, 5) is 76.8. The average molecular weight is 1600 g/mol. The lowest BCUT2D eigenvalue weighted by atomic mass is 9.90. The predicted molar refractivity (Wildman–Crippen MR) is 398 cm³/mol. The molecular weight excluding hydrogens is 1520 g/mol. The van der Waals surface area contributed by atoms with Crippen LogP contribution in [-0.4, -0.2) is 153 Å². The minimum absolute atomic E-state index is 0.0206. The van der Waals surface area contributed by atoms with Crippen LogP contribution in [0, 0.1) is 52.2 Å². The topological polar surface area (TPSA) is 351 Å². The third-order valence-electron chi connectivity index (χ3n) is 19.8. The molecule has 3 aliphatic heterocycles. The number of ether oxygens (including phenoxy) is 3. The van der Waals surface area contributed by atoms with Crippen molar-refractivity contribution in [2.75, 3.05) is 53.0 Å². The van der Waals surface area contributed by atoms with Gasteiger partial charge in [0, 0.05) is 60.7 Å². The Morgan fingerprint density at radius 2 is 0.981 bits per heavy atom. The van der Waals surface area contributed by atoms with Crippen molar-refractivity contribution in [3.63, 3.8) is 0 Å². The van der Waals surface area contributed by atoms with Crippen molar-refractivity contribution in [3.8, 4) is 0 Å². The number of ketones is 3. The van der Waals surface area contributed by atoms with E-state index in [4.69, 9.17) is 32.9 Å². The van der Waals surface area contributed by atoms with Crippen LogP contribution < -0.4 is 0 Å². The number of hydrogen-bond donors (Lipinski definition) is 1. The highest BCUT2D eigenvalue weighted by atomic mass is 32.2. The molecule has 9 aromatic rings. The first-order valence-corrected chi connectivity index (χ1v) is 43.6. The molecule has 6 aliphatic rings. The summed E-state index contributed by atoms with van der Waals surface area (Å²) >= 11 is 2.54. The van der Waals surface area contributed by atoms with E-state index in [1.54, 1.807) is 10.7 Å². The summed E-state index contributed by atoms with van der Waals surface area (Å²) in [6.07, 6.45) is 20.3. The highest BCUT2D eigenvalue weighted by molar-refractivity contribution is 7.92. The van der Waals surface area contributed by atoms with Crippen molar-refractivity contribution in [2.24, 2.45) is 28.6 Å². The number of carbonyl (C=O) groups excluding carboxylic acids is 3. The molecule has 0 bridgehead atoms. The van der Waals surface area contributed by atoms with E-state index in [1.165, 1.54) is 61.4 Å². The van der Waals surface area contributed by atoms with Crippen LogP contribution in [0.3, 0.4) is 0 Å². The first-order valence-electron chi connectivity index (χ1n) is 35.5. The van der Waals surface area contributed by atoms with Gasteiger partial charge in [-0.1, -0.05) is 40.1 Å². The maximum atomic E-state index is 13.5. The summed E-state index contributed by atoms with van der Waals surface area (Å²) in [6, 6.07) is 7.36. The standard InChI is InChI=1S/C24H25FN4O2S.C23H23FN4O4S2.C23H24FN3O6S2.C2H6N3OP/c1-26-18-10-17(8-15-2-3-15)19-13-28-29(20(19)11-18)21(9-16-4-6-31-7-5-16)22(30)12-24-27-14-23(25)32-24;1-25-15-9-18-17(21(10-15)34(30,31)16-2-3-16)12-27-28(18)19(8-14-4-6-32-7-5-14)20(29)11-23-26-13-22(24)33-23;24-21-11-25-22(34-21)9-19(28)18(6-13-2-1-5-33-12-13)27-17-7-14(23(29)30)8-20(16(17)10-26-27)35(31,32)15-3-4-15;1-7(2,6)5-4-3/h10-11,13-16,21H,2-9,12H2;9-10,12-14,16,19H,2-8,11H2;7-8,10-11,13,15,18H,1-6,9,12H2,(H,29,30);1-2H3. The van der Waals surface area contributed by atoms with Gasteiger partial charge in [-0.2, -0.15) is 28.5 Å². The Morgan fingerprint density at radius 1 is 0.565 bits per heavy atom.